The van der Waals surface area contributed by atoms with Crippen molar-refractivity contribution < 1.29 is 9.59 Å². The van der Waals surface area contributed by atoms with Gasteiger partial charge in [0.2, 0.25) is 0 Å². The Morgan fingerprint density at radius 2 is 2.10 bits per heavy atom. The van der Waals surface area contributed by atoms with E-state index in [2.05, 4.69) is 15.4 Å². The van der Waals surface area contributed by atoms with Crippen LogP contribution in [0.15, 0.2) is 30.3 Å². The minimum Gasteiger partial charge on any atom is -0.351 e. The number of hydrogen-bond donors (Lipinski definition) is 2. The molecule has 0 radical (unpaired) electrons. The number of H-pyrrole nitrogens is 1. The Labute approximate surface area is 169 Å². The number of hydrogen-bond acceptors (Lipinski definition) is 3. The van der Waals surface area contributed by atoms with Crippen molar-refractivity contribution in [2.24, 2.45) is 5.92 Å². The minimum absolute atomic E-state index is 0.0383. The van der Waals surface area contributed by atoms with Gasteiger partial charge in [0.15, 0.2) is 5.69 Å². The third kappa shape index (κ3) is 3.30. The zero-order valence-electron chi connectivity index (χ0n) is 16.6. The molecule has 1 fully saturated rings. The lowest BCUT2D eigenvalue weighted by Gasteiger charge is -2.27. The summed E-state index contributed by atoms with van der Waals surface area (Å²) in [6.07, 6.45) is 3.19. The number of benzene rings is 1. The SMILES string of the molecule is CCNC(=O)c1nn(CC2CC2)c2c1CN(C(=O)c1cc3ccccc3[nH]1)CC2. The van der Waals surface area contributed by atoms with Crippen LogP contribution in [0, 0.1) is 5.92 Å². The molecule has 7 nitrogen and oxygen atoms in total. The second-order valence-electron chi connectivity index (χ2n) is 8.01. The maximum atomic E-state index is 13.1. The van der Waals surface area contributed by atoms with Crippen molar-refractivity contribution in [3.05, 3.63) is 53.0 Å². The van der Waals surface area contributed by atoms with Crippen LogP contribution in [0.2, 0.25) is 0 Å². The van der Waals surface area contributed by atoms with E-state index in [1.165, 1.54) is 12.8 Å². The molecule has 2 N–H and O–H groups in total. The normalized spacial score (nSPS) is 16.1. The molecule has 0 saturated heterocycles. The number of para-hydroxylation sites is 1. The third-order valence-corrected chi connectivity index (χ3v) is 5.86. The van der Waals surface area contributed by atoms with Crippen molar-refractivity contribution in [2.45, 2.75) is 39.3 Å². The molecule has 3 heterocycles. The summed E-state index contributed by atoms with van der Waals surface area (Å²) in [4.78, 5) is 30.8. The standard InChI is InChI=1S/C22H25N5O2/c1-2-23-21(28)20-16-13-26(10-9-19(16)27(25-20)12-14-7-8-14)22(29)18-11-15-5-3-4-6-17(15)24-18/h3-6,11,14,24H,2,7-10,12-13H2,1H3,(H,23,28). The summed E-state index contributed by atoms with van der Waals surface area (Å²) in [5.74, 6) is 0.481. The molecule has 2 aromatic heterocycles. The topological polar surface area (TPSA) is 83.0 Å². The van der Waals surface area contributed by atoms with E-state index in [0.717, 1.165) is 35.1 Å². The fourth-order valence-corrected chi connectivity index (χ4v) is 4.15. The Morgan fingerprint density at radius 3 is 2.86 bits per heavy atom. The number of aromatic amines is 1. The molecule has 1 aromatic carbocycles. The Hall–Kier alpha value is -3.09. The first-order valence-electron chi connectivity index (χ1n) is 10.4. The van der Waals surface area contributed by atoms with Crippen molar-refractivity contribution in [2.75, 3.05) is 13.1 Å². The smallest absolute Gasteiger partial charge is 0.272 e. The summed E-state index contributed by atoms with van der Waals surface area (Å²) in [5.41, 5.74) is 4.01. The monoisotopic (exact) mass is 391 g/mol. The van der Waals surface area contributed by atoms with Crippen LogP contribution in [-0.2, 0) is 19.5 Å². The molecule has 2 amide bonds. The first-order chi connectivity index (χ1) is 14.1. The van der Waals surface area contributed by atoms with Gasteiger partial charge in [-0.25, -0.2) is 0 Å². The number of nitrogens with one attached hydrogen (secondary N) is 2. The highest BCUT2D eigenvalue weighted by Crippen LogP contribution is 2.33. The maximum absolute atomic E-state index is 13.1. The van der Waals surface area contributed by atoms with Crippen molar-refractivity contribution in [1.29, 1.82) is 0 Å². The maximum Gasteiger partial charge on any atom is 0.272 e. The summed E-state index contributed by atoms with van der Waals surface area (Å²) < 4.78 is 2.02. The van der Waals surface area contributed by atoms with Gasteiger partial charge in [-0.05, 0) is 37.8 Å². The quantitative estimate of drug-likeness (QED) is 0.702. The van der Waals surface area contributed by atoms with E-state index in [4.69, 9.17) is 0 Å². The van der Waals surface area contributed by atoms with Crippen LogP contribution in [0.25, 0.3) is 10.9 Å². The molecule has 150 valence electrons. The highest BCUT2D eigenvalue weighted by molar-refractivity contribution is 5.98. The van der Waals surface area contributed by atoms with E-state index in [0.29, 0.717) is 36.9 Å². The molecule has 3 aromatic rings. The zero-order chi connectivity index (χ0) is 20.0. The van der Waals surface area contributed by atoms with E-state index >= 15 is 0 Å². The number of carbonyl (C=O) groups is 2. The van der Waals surface area contributed by atoms with Crippen LogP contribution in [-0.4, -0.2) is 44.6 Å². The van der Waals surface area contributed by atoms with Gasteiger partial charge in [-0.1, -0.05) is 18.2 Å². The Kier molecular flexibility index (Phi) is 4.38. The molecule has 0 bridgehead atoms. The molecule has 7 heteroatoms. The zero-order valence-corrected chi connectivity index (χ0v) is 16.6. The average Bonchev–Trinajstić information content (AvgIpc) is 3.32. The van der Waals surface area contributed by atoms with E-state index in [-0.39, 0.29) is 11.8 Å². The summed E-state index contributed by atoms with van der Waals surface area (Å²) in [6.45, 7) is 4.38. The van der Waals surface area contributed by atoms with Gasteiger partial charge in [-0.2, -0.15) is 5.10 Å². The van der Waals surface area contributed by atoms with Crippen molar-refractivity contribution in [1.82, 2.24) is 25.0 Å². The number of nitrogens with zero attached hydrogens (tertiary/aromatic N) is 3. The van der Waals surface area contributed by atoms with Gasteiger partial charge in [0, 0.05) is 48.2 Å². The molecule has 5 rings (SSSR count). The van der Waals surface area contributed by atoms with E-state index in [9.17, 15) is 9.59 Å². The predicted octanol–water partition coefficient (Wildman–Crippen LogP) is 2.72. The van der Waals surface area contributed by atoms with Gasteiger partial charge in [0.05, 0.1) is 6.54 Å². The second-order valence-corrected chi connectivity index (χ2v) is 8.01. The summed E-state index contributed by atoms with van der Waals surface area (Å²) in [6, 6.07) is 9.77. The molecule has 1 aliphatic carbocycles. The fourth-order valence-electron chi connectivity index (χ4n) is 4.15. The minimum atomic E-state index is -0.154. The Morgan fingerprint density at radius 1 is 1.28 bits per heavy atom. The number of fused-ring (bicyclic) bond motifs is 2. The van der Waals surface area contributed by atoms with E-state index < -0.39 is 0 Å². The van der Waals surface area contributed by atoms with Crippen molar-refractivity contribution in [3.8, 4) is 0 Å². The van der Waals surface area contributed by atoms with Crippen LogP contribution < -0.4 is 5.32 Å². The van der Waals surface area contributed by atoms with Crippen LogP contribution >= 0.6 is 0 Å². The molecule has 1 saturated carbocycles. The molecule has 0 spiro atoms. The molecule has 0 unspecified atom stereocenters. The van der Waals surface area contributed by atoms with Crippen LogP contribution in [0.1, 0.15) is 52.0 Å². The molecule has 2 aliphatic rings. The van der Waals surface area contributed by atoms with E-state index in [1.54, 1.807) is 0 Å². The molecule has 1 aliphatic heterocycles. The van der Waals surface area contributed by atoms with Crippen molar-refractivity contribution >= 4 is 22.7 Å². The lowest BCUT2D eigenvalue weighted by atomic mass is 10.0. The van der Waals surface area contributed by atoms with Gasteiger partial charge >= 0.3 is 0 Å². The lowest BCUT2D eigenvalue weighted by molar-refractivity contribution is 0.0725. The molecular weight excluding hydrogens is 366 g/mol. The van der Waals surface area contributed by atoms with Crippen LogP contribution in [0.3, 0.4) is 0 Å². The van der Waals surface area contributed by atoms with Crippen LogP contribution in [0.5, 0.6) is 0 Å². The number of carbonyl (C=O) groups excluding carboxylic acids is 2. The number of aromatic nitrogens is 3. The van der Waals surface area contributed by atoms with Gasteiger partial charge < -0.3 is 15.2 Å². The molecular formula is C22H25N5O2. The Bertz CT molecular complexity index is 1060. The average molecular weight is 391 g/mol. The summed E-state index contributed by atoms with van der Waals surface area (Å²) in [5, 5.41) is 8.54. The summed E-state index contributed by atoms with van der Waals surface area (Å²) in [7, 11) is 0. The predicted molar refractivity (Wildman–Crippen MR) is 110 cm³/mol. The highest BCUT2D eigenvalue weighted by Gasteiger charge is 2.32. The number of rotatable bonds is 5. The summed E-state index contributed by atoms with van der Waals surface area (Å²) >= 11 is 0. The van der Waals surface area contributed by atoms with Crippen LogP contribution in [0.4, 0.5) is 0 Å². The first kappa shape index (κ1) is 18.0. The van der Waals surface area contributed by atoms with Gasteiger partial charge in [-0.3, -0.25) is 14.3 Å². The largest absolute Gasteiger partial charge is 0.351 e. The molecule has 0 atom stereocenters. The highest BCUT2D eigenvalue weighted by atomic mass is 16.2. The van der Waals surface area contributed by atoms with E-state index in [1.807, 2.05) is 46.8 Å². The fraction of sp³-hybridized carbons (Fsp3) is 0.409. The third-order valence-electron chi connectivity index (χ3n) is 5.86. The van der Waals surface area contributed by atoms with Gasteiger partial charge in [0.1, 0.15) is 5.69 Å². The van der Waals surface area contributed by atoms with Gasteiger partial charge in [0.25, 0.3) is 11.8 Å². The van der Waals surface area contributed by atoms with Gasteiger partial charge in [-0.15, -0.1) is 0 Å². The lowest BCUT2D eigenvalue weighted by Crippen LogP contribution is -2.37. The Balaban J connectivity index is 1.44. The molecule has 29 heavy (non-hydrogen) atoms. The second kappa shape index (κ2) is 7.06. The van der Waals surface area contributed by atoms with Crippen molar-refractivity contribution in [3.63, 3.8) is 0 Å². The number of amides is 2. The first-order valence-corrected chi connectivity index (χ1v) is 10.4.